The Bertz CT molecular complexity index is 1030. The standard InChI is InChI=1S/C24H27ClN2O2Si/c1-29-20-10-5-17(6-11-20)16-27-22-12-9-19(25)15-21(22)24(18-7-8-18,26-23(27)28)13-14-30(2,3)4/h5-6,9-12,15,18H,7-8,16H2,1-4H3,(H,26,28). The Labute approximate surface area is 184 Å². The highest BCUT2D eigenvalue weighted by molar-refractivity contribution is 6.83. The second kappa shape index (κ2) is 7.68. The Morgan fingerprint density at radius 1 is 1.20 bits per heavy atom. The number of anilines is 1. The number of methoxy groups -OCH3 is 1. The van der Waals surface area contributed by atoms with Crippen molar-refractivity contribution >= 4 is 31.4 Å². The van der Waals surface area contributed by atoms with E-state index in [0.29, 0.717) is 17.5 Å². The first-order chi connectivity index (χ1) is 14.2. The molecular formula is C24H27ClN2O2Si. The van der Waals surface area contributed by atoms with Gasteiger partial charge in [-0.1, -0.05) is 49.3 Å². The zero-order valence-corrected chi connectivity index (χ0v) is 19.6. The molecule has 0 bridgehead atoms. The van der Waals surface area contributed by atoms with Crippen LogP contribution in [0.5, 0.6) is 5.75 Å². The number of amides is 2. The molecule has 2 aromatic rings. The topological polar surface area (TPSA) is 41.6 Å². The minimum Gasteiger partial charge on any atom is -0.497 e. The summed E-state index contributed by atoms with van der Waals surface area (Å²) in [5, 5.41) is 3.95. The van der Waals surface area contributed by atoms with Crippen LogP contribution in [0, 0.1) is 17.4 Å². The first-order valence-electron chi connectivity index (χ1n) is 10.3. The van der Waals surface area contributed by atoms with Gasteiger partial charge in [0, 0.05) is 10.6 Å². The van der Waals surface area contributed by atoms with E-state index in [4.69, 9.17) is 16.3 Å². The molecule has 0 aromatic heterocycles. The minimum atomic E-state index is -1.62. The van der Waals surface area contributed by atoms with Gasteiger partial charge in [-0.2, -0.15) is 0 Å². The molecule has 0 spiro atoms. The first-order valence-corrected chi connectivity index (χ1v) is 14.2. The molecule has 4 rings (SSSR count). The van der Waals surface area contributed by atoms with Crippen molar-refractivity contribution in [3.8, 4) is 17.2 Å². The van der Waals surface area contributed by atoms with Crippen molar-refractivity contribution in [2.75, 3.05) is 12.0 Å². The summed E-state index contributed by atoms with van der Waals surface area (Å²) >= 11 is 6.41. The molecule has 1 heterocycles. The number of rotatable bonds is 4. The summed E-state index contributed by atoms with van der Waals surface area (Å²) in [5.74, 6) is 4.65. The molecular weight excluding hydrogens is 412 g/mol. The van der Waals surface area contributed by atoms with Gasteiger partial charge in [-0.15, -0.1) is 5.54 Å². The molecule has 4 nitrogen and oxygen atoms in total. The van der Waals surface area contributed by atoms with Crippen molar-refractivity contribution in [2.45, 2.75) is 44.6 Å². The lowest BCUT2D eigenvalue weighted by Gasteiger charge is -2.42. The van der Waals surface area contributed by atoms with E-state index in [1.165, 1.54) is 0 Å². The van der Waals surface area contributed by atoms with Crippen molar-refractivity contribution in [1.82, 2.24) is 5.32 Å². The predicted octanol–water partition coefficient (Wildman–Crippen LogP) is 5.56. The van der Waals surface area contributed by atoms with E-state index < -0.39 is 13.6 Å². The van der Waals surface area contributed by atoms with Crippen LogP contribution < -0.4 is 15.0 Å². The van der Waals surface area contributed by atoms with Crippen LogP contribution in [0.4, 0.5) is 10.5 Å². The second-order valence-corrected chi connectivity index (χ2v) is 14.3. The third-order valence-electron chi connectivity index (χ3n) is 5.55. The van der Waals surface area contributed by atoms with Gasteiger partial charge in [0.1, 0.15) is 19.4 Å². The van der Waals surface area contributed by atoms with Crippen LogP contribution in [0.15, 0.2) is 42.5 Å². The number of benzene rings is 2. The quantitative estimate of drug-likeness (QED) is 0.501. The summed E-state index contributed by atoms with van der Waals surface area (Å²) in [5.41, 5.74) is 5.77. The fourth-order valence-electron chi connectivity index (χ4n) is 3.87. The number of carbonyl (C=O) groups is 1. The molecule has 1 atom stereocenters. The highest BCUT2D eigenvalue weighted by atomic mass is 35.5. The van der Waals surface area contributed by atoms with Crippen LogP contribution in [0.1, 0.15) is 24.0 Å². The molecule has 1 unspecified atom stereocenters. The van der Waals surface area contributed by atoms with Gasteiger partial charge in [-0.05, 0) is 54.7 Å². The summed E-state index contributed by atoms with van der Waals surface area (Å²) in [6.45, 7) is 7.13. The molecule has 2 amide bonds. The third-order valence-corrected chi connectivity index (χ3v) is 6.66. The lowest BCUT2D eigenvalue weighted by Crippen LogP contribution is -2.57. The molecule has 1 fully saturated rings. The van der Waals surface area contributed by atoms with Crippen LogP contribution in [0.3, 0.4) is 0 Å². The number of ether oxygens (including phenoxy) is 1. The lowest BCUT2D eigenvalue weighted by atomic mass is 9.82. The molecule has 156 valence electrons. The largest absolute Gasteiger partial charge is 0.497 e. The average molecular weight is 439 g/mol. The Morgan fingerprint density at radius 2 is 1.90 bits per heavy atom. The number of hydrogen-bond donors (Lipinski definition) is 1. The van der Waals surface area contributed by atoms with E-state index in [9.17, 15) is 4.79 Å². The number of hydrogen-bond acceptors (Lipinski definition) is 2. The number of carbonyl (C=O) groups excluding carboxylic acids is 1. The van der Waals surface area contributed by atoms with E-state index in [-0.39, 0.29) is 6.03 Å². The zero-order chi connectivity index (χ0) is 21.5. The van der Waals surface area contributed by atoms with E-state index in [1.54, 1.807) is 12.0 Å². The molecule has 1 aliphatic carbocycles. The fraction of sp³-hybridized carbons (Fsp3) is 0.375. The van der Waals surface area contributed by atoms with Gasteiger partial charge in [0.25, 0.3) is 0 Å². The molecule has 2 aromatic carbocycles. The maximum Gasteiger partial charge on any atom is 0.323 e. The van der Waals surface area contributed by atoms with Gasteiger partial charge in [0.05, 0.1) is 19.3 Å². The first kappa shape index (κ1) is 20.8. The maximum absolute atomic E-state index is 13.3. The smallest absolute Gasteiger partial charge is 0.323 e. The predicted molar refractivity (Wildman–Crippen MR) is 125 cm³/mol. The SMILES string of the molecule is COc1ccc(CN2C(=O)NC(C#C[Si](C)(C)C)(C3CC3)c3cc(Cl)ccc32)cc1. The summed E-state index contributed by atoms with van der Waals surface area (Å²) in [7, 11) is 0.0238. The van der Waals surface area contributed by atoms with Gasteiger partial charge < -0.3 is 10.1 Å². The molecule has 6 heteroatoms. The van der Waals surface area contributed by atoms with Crippen molar-refractivity contribution in [1.29, 1.82) is 0 Å². The Hall–Kier alpha value is -2.42. The van der Waals surface area contributed by atoms with E-state index in [0.717, 1.165) is 35.4 Å². The number of halogens is 1. The van der Waals surface area contributed by atoms with Gasteiger partial charge in [0.15, 0.2) is 0 Å². The van der Waals surface area contributed by atoms with Crippen LogP contribution in [-0.4, -0.2) is 21.2 Å². The monoisotopic (exact) mass is 438 g/mol. The summed E-state index contributed by atoms with van der Waals surface area (Å²) in [6.07, 6.45) is 2.12. The number of fused-ring (bicyclic) bond motifs is 1. The van der Waals surface area contributed by atoms with E-state index >= 15 is 0 Å². The minimum absolute atomic E-state index is 0.114. The summed E-state index contributed by atoms with van der Waals surface area (Å²) in [6, 6.07) is 13.5. The normalized spacial score (nSPS) is 20.7. The van der Waals surface area contributed by atoms with Crippen LogP contribution >= 0.6 is 11.6 Å². The Morgan fingerprint density at radius 3 is 2.50 bits per heavy atom. The van der Waals surface area contributed by atoms with Crippen molar-refractivity contribution in [3.63, 3.8) is 0 Å². The Kier molecular flexibility index (Phi) is 5.33. The summed E-state index contributed by atoms with van der Waals surface area (Å²) in [4.78, 5) is 15.1. The Balaban J connectivity index is 1.78. The molecule has 0 radical (unpaired) electrons. The van der Waals surface area contributed by atoms with Crippen molar-refractivity contribution < 1.29 is 9.53 Å². The maximum atomic E-state index is 13.3. The van der Waals surface area contributed by atoms with Gasteiger partial charge in [-0.25, -0.2) is 4.79 Å². The van der Waals surface area contributed by atoms with Crippen LogP contribution in [0.2, 0.25) is 24.7 Å². The number of urea groups is 1. The third kappa shape index (κ3) is 4.07. The van der Waals surface area contributed by atoms with Gasteiger partial charge in [-0.3, -0.25) is 4.90 Å². The zero-order valence-electron chi connectivity index (χ0n) is 17.9. The lowest BCUT2D eigenvalue weighted by molar-refractivity contribution is 0.231. The highest BCUT2D eigenvalue weighted by Gasteiger charge is 2.51. The van der Waals surface area contributed by atoms with Crippen LogP contribution in [0.25, 0.3) is 0 Å². The van der Waals surface area contributed by atoms with Crippen LogP contribution in [-0.2, 0) is 12.1 Å². The second-order valence-electron chi connectivity index (χ2n) is 9.11. The molecule has 1 saturated carbocycles. The number of nitrogens with zero attached hydrogens (tertiary/aromatic N) is 1. The van der Waals surface area contributed by atoms with Crippen molar-refractivity contribution in [2.24, 2.45) is 5.92 Å². The van der Waals surface area contributed by atoms with Gasteiger partial charge in [0.2, 0.25) is 0 Å². The average Bonchev–Trinajstić information content (AvgIpc) is 3.54. The highest BCUT2D eigenvalue weighted by Crippen LogP contribution is 2.50. The molecule has 1 N–H and O–H groups in total. The van der Waals surface area contributed by atoms with Gasteiger partial charge >= 0.3 is 6.03 Å². The van der Waals surface area contributed by atoms with Crippen molar-refractivity contribution in [3.05, 3.63) is 58.6 Å². The fourth-order valence-corrected chi connectivity index (χ4v) is 4.61. The molecule has 2 aliphatic rings. The molecule has 1 aliphatic heterocycles. The summed E-state index contributed by atoms with van der Waals surface area (Å²) < 4.78 is 5.25. The van der Waals surface area contributed by atoms with E-state index in [2.05, 4.69) is 36.4 Å². The molecule has 0 saturated heterocycles. The molecule has 30 heavy (non-hydrogen) atoms. The van der Waals surface area contributed by atoms with E-state index in [1.807, 2.05) is 42.5 Å². The number of nitrogens with one attached hydrogen (secondary N) is 1.